The second-order valence-electron chi connectivity index (χ2n) is 9.93. The number of likely N-dealkylation sites (tertiary alicyclic amines) is 1. The predicted octanol–water partition coefficient (Wildman–Crippen LogP) is 2.94. The van der Waals surface area contributed by atoms with Crippen molar-refractivity contribution in [3.05, 3.63) is 42.0 Å². The van der Waals surface area contributed by atoms with Crippen LogP contribution < -0.4 is 10.6 Å². The standard InChI is InChI=1S/C26H33N3O4/c1-3-15-29-22(24(31)28-17-7-5-4-6-8-17)26-14-13-19(33-26)20(21(26)25(29)32)23(30)27-18-11-9-16(2)10-12-18/h9-14,17,19-22H,3-8,15H2,1-2H3,(H,27,30)(H,28,31). The Morgan fingerprint density at radius 2 is 1.85 bits per heavy atom. The maximum Gasteiger partial charge on any atom is 0.246 e. The van der Waals surface area contributed by atoms with Crippen LogP contribution in [0.5, 0.6) is 0 Å². The third-order valence-electron chi connectivity index (χ3n) is 7.66. The van der Waals surface area contributed by atoms with Gasteiger partial charge < -0.3 is 20.3 Å². The molecule has 176 valence electrons. The first-order chi connectivity index (χ1) is 15.9. The summed E-state index contributed by atoms with van der Waals surface area (Å²) in [6.45, 7) is 4.45. The molecule has 33 heavy (non-hydrogen) atoms. The number of amides is 3. The van der Waals surface area contributed by atoms with Crippen molar-refractivity contribution >= 4 is 23.4 Å². The van der Waals surface area contributed by atoms with E-state index in [0.29, 0.717) is 12.2 Å². The summed E-state index contributed by atoms with van der Waals surface area (Å²) in [6.07, 6.45) is 9.33. The van der Waals surface area contributed by atoms with Crippen LogP contribution in [0.1, 0.15) is 51.0 Å². The van der Waals surface area contributed by atoms with Gasteiger partial charge in [0.2, 0.25) is 17.7 Å². The van der Waals surface area contributed by atoms with Crippen LogP contribution >= 0.6 is 0 Å². The number of carbonyl (C=O) groups excluding carboxylic acids is 3. The van der Waals surface area contributed by atoms with E-state index in [0.717, 1.165) is 37.7 Å². The molecule has 2 bridgehead atoms. The van der Waals surface area contributed by atoms with E-state index in [1.54, 1.807) is 4.90 Å². The summed E-state index contributed by atoms with van der Waals surface area (Å²) in [6, 6.07) is 6.98. The van der Waals surface area contributed by atoms with Crippen LogP contribution in [0.4, 0.5) is 5.69 Å². The van der Waals surface area contributed by atoms with Gasteiger partial charge in [-0.05, 0) is 38.3 Å². The molecule has 2 saturated heterocycles. The number of nitrogens with zero attached hydrogens (tertiary/aromatic N) is 1. The van der Waals surface area contributed by atoms with E-state index in [9.17, 15) is 14.4 Å². The van der Waals surface area contributed by atoms with Gasteiger partial charge in [-0.15, -0.1) is 0 Å². The molecule has 5 atom stereocenters. The minimum Gasteiger partial charge on any atom is -0.359 e. The first-order valence-electron chi connectivity index (χ1n) is 12.3. The summed E-state index contributed by atoms with van der Waals surface area (Å²) in [5.74, 6) is -1.90. The van der Waals surface area contributed by atoms with Gasteiger partial charge in [0.05, 0.1) is 17.9 Å². The number of carbonyl (C=O) groups is 3. The van der Waals surface area contributed by atoms with Gasteiger partial charge in [-0.1, -0.05) is 56.0 Å². The van der Waals surface area contributed by atoms with Crippen molar-refractivity contribution in [2.24, 2.45) is 11.8 Å². The second kappa shape index (κ2) is 8.60. The fourth-order valence-corrected chi connectivity index (χ4v) is 6.14. The smallest absolute Gasteiger partial charge is 0.246 e. The molecule has 5 rings (SSSR count). The van der Waals surface area contributed by atoms with Crippen molar-refractivity contribution in [1.29, 1.82) is 0 Å². The molecule has 0 radical (unpaired) electrons. The van der Waals surface area contributed by atoms with Crippen molar-refractivity contribution in [1.82, 2.24) is 10.2 Å². The number of hydrogen-bond donors (Lipinski definition) is 2. The van der Waals surface area contributed by atoms with E-state index in [-0.39, 0.29) is 23.8 Å². The third kappa shape index (κ3) is 3.66. The Labute approximate surface area is 194 Å². The van der Waals surface area contributed by atoms with Crippen LogP contribution in [0.15, 0.2) is 36.4 Å². The predicted molar refractivity (Wildman–Crippen MR) is 124 cm³/mol. The minimum atomic E-state index is -1.08. The molecule has 1 saturated carbocycles. The lowest BCUT2D eigenvalue weighted by Crippen LogP contribution is -2.56. The van der Waals surface area contributed by atoms with Gasteiger partial charge in [-0.2, -0.15) is 0 Å². The number of aryl methyl sites for hydroxylation is 1. The highest BCUT2D eigenvalue weighted by Gasteiger charge is 2.72. The zero-order chi connectivity index (χ0) is 23.2. The summed E-state index contributed by atoms with van der Waals surface area (Å²) in [5.41, 5.74) is 0.713. The van der Waals surface area contributed by atoms with E-state index >= 15 is 0 Å². The molecule has 0 aromatic heterocycles. The lowest BCUT2D eigenvalue weighted by molar-refractivity contribution is -0.141. The van der Waals surface area contributed by atoms with E-state index in [4.69, 9.17) is 4.74 Å². The van der Waals surface area contributed by atoms with Gasteiger partial charge in [0.25, 0.3) is 0 Å². The van der Waals surface area contributed by atoms with Gasteiger partial charge in [-0.25, -0.2) is 0 Å². The highest BCUT2D eigenvalue weighted by atomic mass is 16.5. The number of nitrogens with one attached hydrogen (secondary N) is 2. The van der Waals surface area contributed by atoms with E-state index in [1.165, 1.54) is 6.42 Å². The Morgan fingerprint density at radius 1 is 1.12 bits per heavy atom. The number of fused-ring (bicyclic) bond motifs is 1. The number of anilines is 1. The van der Waals surface area contributed by atoms with Crippen LogP contribution in [0.25, 0.3) is 0 Å². The molecule has 1 aromatic rings. The summed E-state index contributed by atoms with van der Waals surface area (Å²) in [7, 11) is 0. The van der Waals surface area contributed by atoms with Crippen molar-refractivity contribution in [3.63, 3.8) is 0 Å². The molecule has 5 unspecified atom stereocenters. The highest BCUT2D eigenvalue weighted by molar-refractivity contribution is 6.02. The normalized spacial score (nSPS) is 32.8. The molecule has 1 aromatic carbocycles. The number of hydrogen-bond acceptors (Lipinski definition) is 4. The molecular formula is C26H33N3O4. The second-order valence-corrected chi connectivity index (χ2v) is 9.93. The topological polar surface area (TPSA) is 87.7 Å². The van der Waals surface area contributed by atoms with Gasteiger partial charge >= 0.3 is 0 Å². The fourth-order valence-electron chi connectivity index (χ4n) is 6.14. The zero-order valence-electron chi connectivity index (χ0n) is 19.4. The first-order valence-corrected chi connectivity index (χ1v) is 12.3. The fraction of sp³-hybridized carbons (Fsp3) is 0.577. The van der Waals surface area contributed by atoms with Crippen molar-refractivity contribution < 1.29 is 19.1 Å². The summed E-state index contributed by atoms with van der Waals surface area (Å²) >= 11 is 0. The highest BCUT2D eigenvalue weighted by Crippen LogP contribution is 2.55. The third-order valence-corrected chi connectivity index (χ3v) is 7.66. The quantitative estimate of drug-likeness (QED) is 0.651. The Morgan fingerprint density at radius 3 is 2.55 bits per heavy atom. The van der Waals surface area contributed by atoms with Crippen LogP contribution in [0.3, 0.4) is 0 Å². The van der Waals surface area contributed by atoms with E-state index in [1.807, 2.05) is 50.3 Å². The molecule has 7 nitrogen and oxygen atoms in total. The van der Waals surface area contributed by atoms with Crippen LogP contribution in [-0.2, 0) is 19.1 Å². The minimum absolute atomic E-state index is 0.142. The Bertz CT molecular complexity index is 968. The zero-order valence-corrected chi connectivity index (χ0v) is 19.4. The largest absolute Gasteiger partial charge is 0.359 e. The molecule has 1 aliphatic carbocycles. The van der Waals surface area contributed by atoms with Crippen LogP contribution in [0, 0.1) is 18.8 Å². The number of benzene rings is 1. The maximum absolute atomic E-state index is 13.6. The van der Waals surface area contributed by atoms with Crippen molar-refractivity contribution in [3.8, 4) is 0 Å². The van der Waals surface area contributed by atoms with Gasteiger partial charge in [0, 0.05) is 18.3 Å². The molecule has 3 aliphatic heterocycles. The van der Waals surface area contributed by atoms with E-state index < -0.39 is 29.6 Å². The van der Waals surface area contributed by atoms with Crippen molar-refractivity contribution in [2.45, 2.75) is 76.2 Å². The molecule has 3 fully saturated rings. The molecule has 1 spiro atoms. The molecule has 3 heterocycles. The first kappa shape index (κ1) is 22.1. The average molecular weight is 452 g/mol. The summed E-state index contributed by atoms with van der Waals surface area (Å²) in [5, 5.41) is 6.16. The average Bonchev–Trinajstić information content (AvgIpc) is 3.44. The Kier molecular flexibility index (Phi) is 5.77. The lowest BCUT2D eigenvalue weighted by Gasteiger charge is -2.34. The molecule has 3 amide bonds. The molecule has 2 N–H and O–H groups in total. The van der Waals surface area contributed by atoms with Crippen LogP contribution in [0.2, 0.25) is 0 Å². The monoisotopic (exact) mass is 451 g/mol. The maximum atomic E-state index is 13.6. The SMILES string of the molecule is CCCN1C(=O)C2C(C(=O)Nc3ccc(C)cc3)C3C=CC2(O3)C1C(=O)NC1CCCCC1. The summed E-state index contributed by atoms with van der Waals surface area (Å²) in [4.78, 5) is 42.2. The molecular weight excluding hydrogens is 418 g/mol. The lowest BCUT2D eigenvalue weighted by atomic mass is 9.74. The number of rotatable bonds is 6. The van der Waals surface area contributed by atoms with Gasteiger partial charge in [-0.3, -0.25) is 14.4 Å². The van der Waals surface area contributed by atoms with Gasteiger partial charge in [0.1, 0.15) is 11.6 Å². The van der Waals surface area contributed by atoms with E-state index in [2.05, 4.69) is 10.6 Å². The summed E-state index contributed by atoms with van der Waals surface area (Å²) < 4.78 is 6.35. The van der Waals surface area contributed by atoms with Gasteiger partial charge in [0.15, 0.2) is 0 Å². The van der Waals surface area contributed by atoms with Crippen LogP contribution in [-0.4, -0.2) is 53.0 Å². The Hall–Kier alpha value is -2.67. The Balaban J connectivity index is 1.41. The molecule has 7 heteroatoms. The number of ether oxygens (including phenoxy) is 1. The van der Waals surface area contributed by atoms with Crippen molar-refractivity contribution in [2.75, 3.05) is 11.9 Å². The molecule has 4 aliphatic rings.